The van der Waals surface area contributed by atoms with Crippen molar-refractivity contribution in [2.75, 3.05) is 5.73 Å². The molecule has 0 spiro atoms. The maximum absolute atomic E-state index is 7.60. The second kappa shape index (κ2) is 4.77. The summed E-state index contributed by atoms with van der Waals surface area (Å²) in [5.41, 5.74) is 6.74. The van der Waals surface area contributed by atoms with Crippen LogP contribution in [0.5, 0.6) is 0 Å². The summed E-state index contributed by atoms with van der Waals surface area (Å²) in [5, 5.41) is 8.06. The summed E-state index contributed by atoms with van der Waals surface area (Å²) in [6.45, 7) is 1.97. The molecule has 0 amide bonds. The van der Waals surface area contributed by atoms with Crippen molar-refractivity contribution in [2.24, 2.45) is 4.99 Å². The molecule has 0 bridgehead atoms. The lowest BCUT2D eigenvalue weighted by Gasteiger charge is -2.01. The molecule has 0 heterocycles. The van der Waals surface area contributed by atoms with E-state index in [1.165, 1.54) is 0 Å². The van der Waals surface area contributed by atoms with Crippen LogP contribution in [-0.2, 0) is 0 Å². The molecule has 1 aromatic carbocycles. The van der Waals surface area contributed by atoms with Gasteiger partial charge in [-0.05, 0) is 24.6 Å². The van der Waals surface area contributed by atoms with Gasteiger partial charge in [0.25, 0.3) is 0 Å². The minimum absolute atomic E-state index is 0.203. The van der Waals surface area contributed by atoms with Crippen LogP contribution >= 0.6 is 11.6 Å². The van der Waals surface area contributed by atoms with Crippen LogP contribution in [-0.4, -0.2) is 12.1 Å². The lowest BCUT2D eigenvalue weighted by molar-refractivity contribution is 1.31. The third-order valence-corrected chi connectivity index (χ3v) is 2.00. The van der Waals surface area contributed by atoms with Crippen molar-refractivity contribution in [3.8, 4) is 0 Å². The van der Waals surface area contributed by atoms with Crippen molar-refractivity contribution < 1.29 is 0 Å². The van der Waals surface area contributed by atoms with Gasteiger partial charge < -0.3 is 5.73 Å². The summed E-state index contributed by atoms with van der Waals surface area (Å²) in [7, 11) is 0. The molecule has 74 valence electrons. The van der Waals surface area contributed by atoms with Crippen molar-refractivity contribution in [1.29, 1.82) is 5.41 Å². The monoisotopic (exact) mass is 209 g/mol. The first kappa shape index (κ1) is 10.7. The third-order valence-electron chi connectivity index (χ3n) is 1.68. The number of halogens is 1. The third kappa shape index (κ3) is 2.57. The molecule has 0 fully saturated rings. The smallest absolute Gasteiger partial charge is 0.151 e. The molecule has 0 radical (unpaired) electrons. The van der Waals surface area contributed by atoms with E-state index >= 15 is 0 Å². The van der Waals surface area contributed by atoms with Crippen LogP contribution in [0.2, 0.25) is 5.02 Å². The van der Waals surface area contributed by atoms with Gasteiger partial charge in [-0.1, -0.05) is 18.5 Å². The molecular formula is C10H12ClN3. The predicted molar refractivity (Wildman–Crippen MR) is 61.5 cm³/mol. The van der Waals surface area contributed by atoms with Gasteiger partial charge in [0.15, 0.2) is 5.84 Å². The zero-order valence-corrected chi connectivity index (χ0v) is 8.67. The van der Waals surface area contributed by atoms with Crippen molar-refractivity contribution in [3.05, 3.63) is 28.8 Å². The number of aliphatic imine (C=N–C) groups is 1. The van der Waals surface area contributed by atoms with E-state index in [0.29, 0.717) is 16.3 Å². The Morgan fingerprint density at radius 2 is 2.36 bits per heavy atom. The van der Waals surface area contributed by atoms with Gasteiger partial charge >= 0.3 is 0 Å². The maximum atomic E-state index is 7.60. The fraction of sp³-hybridized carbons (Fsp3) is 0.200. The van der Waals surface area contributed by atoms with Crippen LogP contribution in [0.3, 0.4) is 0 Å². The Bertz CT molecular complexity index is 372. The van der Waals surface area contributed by atoms with Crippen molar-refractivity contribution in [1.82, 2.24) is 0 Å². The number of nitrogens with two attached hydrogens (primary N) is 1. The zero-order valence-electron chi connectivity index (χ0n) is 7.92. The quantitative estimate of drug-likeness (QED) is 0.439. The van der Waals surface area contributed by atoms with Crippen molar-refractivity contribution >= 4 is 29.3 Å². The van der Waals surface area contributed by atoms with Crippen molar-refractivity contribution in [3.63, 3.8) is 0 Å². The van der Waals surface area contributed by atoms with E-state index in [1.807, 2.05) is 6.92 Å². The summed E-state index contributed by atoms with van der Waals surface area (Å²) in [4.78, 5) is 3.94. The molecule has 0 atom stereocenters. The Kier molecular flexibility index (Phi) is 3.65. The minimum atomic E-state index is 0.203. The first-order chi connectivity index (χ1) is 6.65. The number of hydrogen-bond donors (Lipinski definition) is 2. The summed E-state index contributed by atoms with van der Waals surface area (Å²) < 4.78 is 0. The fourth-order valence-electron chi connectivity index (χ4n) is 0.932. The highest BCUT2D eigenvalue weighted by Crippen LogP contribution is 2.19. The molecule has 0 unspecified atom stereocenters. The molecule has 1 aromatic rings. The highest BCUT2D eigenvalue weighted by Gasteiger charge is 2.01. The lowest BCUT2D eigenvalue weighted by Crippen LogP contribution is -1.96. The van der Waals surface area contributed by atoms with E-state index < -0.39 is 0 Å². The Balaban J connectivity index is 2.91. The topological polar surface area (TPSA) is 62.2 Å². The summed E-state index contributed by atoms with van der Waals surface area (Å²) in [6, 6.07) is 5.05. The number of benzene rings is 1. The number of nitrogens with zero attached hydrogens (tertiary/aromatic N) is 1. The van der Waals surface area contributed by atoms with Gasteiger partial charge in [0.2, 0.25) is 0 Å². The second-order valence-corrected chi connectivity index (χ2v) is 3.21. The summed E-state index contributed by atoms with van der Waals surface area (Å²) in [5.74, 6) is 0.203. The predicted octanol–water partition coefficient (Wildman–Crippen LogP) is 2.73. The van der Waals surface area contributed by atoms with E-state index in [0.717, 1.165) is 6.42 Å². The molecule has 0 aliphatic carbocycles. The van der Waals surface area contributed by atoms with Crippen LogP contribution in [0, 0.1) is 5.41 Å². The van der Waals surface area contributed by atoms with Crippen LogP contribution < -0.4 is 5.73 Å². The lowest BCUT2D eigenvalue weighted by atomic mass is 10.2. The van der Waals surface area contributed by atoms with Gasteiger partial charge in [-0.15, -0.1) is 0 Å². The van der Waals surface area contributed by atoms with E-state index in [2.05, 4.69) is 4.99 Å². The van der Waals surface area contributed by atoms with Gasteiger partial charge in [-0.25, -0.2) is 4.99 Å². The van der Waals surface area contributed by atoms with E-state index in [-0.39, 0.29) is 5.84 Å². The van der Waals surface area contributed by atoms with E-state index in [4.69, 9.17) is 22.7 Å². The molecule has 3 N–H and O–H groups in total. The zero-order chi connectivity index (χ0) is 10.6. The molecule has 0 aliphatic rings. The number of rotatable bonds is 2. The number of nitrogen functional groups attached to an aromatic ring is 1. The van der Waals surface area contributed by atoms with Gasteiger partial charge in [-0.2, -0.15) is 0 Å². The molecule has 0 aromatic heterocycles. The second-order valence-electron chi connectivity index (χ2n) is 2.80. The summed E-state index contributed by atoms with van der Waals surface area (Å²) in [6.07, 6.45) is 2.50. The standard InChI is InChI=1S/C10H12ClN3/c1-2-5-14-10(13)7-3-4-9(12)8(11)6-7/h3-6,13H,2,12H2,1H3. The molecule has 1 rings (SSSR count). The van der Waals surface area contributed by atoms with Gasteiger partial charge in [0.1, 0.15) is 0 Å². The number of amidine groups is 1. The minimum Gasteiger partial charge on any atom is -0.398 e. The highest BCUT2D eigenvalue weighted by molar-refractivity contribution is 6.33. The molecule has 14 heavy (non-hydrogen) atoms. The highest BCUT2D eigenvalue weighted by atomic mass is 35.5. The molecule has 0 saturated carbocycles. The molecule has 0 aliphatic heterocycles. The Labute approximate surface area is 88.1 Å². The first-order valence-electron chi connectivity index (χ1n) is 4.31. The van der Waals surface area contributed by atoms with Crippen molar-refractivity contribution in [2.45, 2.75) is 13.3 Å². The molecule has 3 nitrogen and oxygen atoms in total. The van der Waals surface area contributed by atoms with Crippen LogP contribution in [0.1, 0.15) is 18.9 Å². The number of hydrogen-bond acceptors (Lipinski definition) is 2. The van der Waals surface area contributed by atoms with Crippen LogP contribution in [0.15, 0.2) is 23.2 Å². The van der Waals surface area contributed by atoms with E-state index in [1.54, 1.807) is 24.4 Å². The largest absolute Gasteiger partial charge is 0.398 e. The van der Waals surface area contributed by atoms with Crippen LogP contribution in [0.4, 0.5) is 5.69 Å². The average Bonchev–Trinajstić information content (AvgIpc) is 2.18. The molecular weight excluding hydrogens is 198 g/mol. The van der Waals surface area contributed by atoms with Crippen LogP contribution in [0.25, 0.3) is 0 Å². The molecule has 4 heteroatoms. The van der Waals surface area contributed by atoms with E-state index in [9.17, 15) is 0 Å². The number of nitrogens with one attached hydrogen (secondary N) is 1. The normalized spacial score (nSPS) is 10.7. The first-order valence-corrected chi connectivity index (χ1v) is 4.69. The maximum Gasteiger partial charge on any atom is 0.151 e. The SMILES string of the molecule is CCC=NC(=N)c1ccc(N)c(Cl)c1. The average molecular weight is 210 g/mol. The Morgan fingerprint density at radius 1 is 1.64 bits per heavy atom. The Morgan fingerprint density at radius 3 is 2.93 bits per heavy atom. The van der Waals surface area contributed by atoms with Gasteiger partial charge in [0, 0.05) is 11.8 Å². The van der Waals surface area contributed by atoms with Gasteiger partial charge in [0.05, 0.1) is 10.7 Å². The fourth-order valence-corrected chi connectivity index (χ4v) is 1.11. The number of anilines is 1. The molecule has 0 saturated heterocycles. The summed E-state index contributed by atoms with van der Waals surface area (Å²) >= 11 is 5.82. The van der Waals surface area contributed by atoms with Gasteiger partial charge in [-0.3, -0.25) is 5.41 Å². The Hall–Kier alpha value is -1.35.